The summed E-state index contributed by atoms with van der Waals surface area (Å²) >= 11 is 6.05. The number of hydrogen-bond acceptors (Lipinski definition) is 6. The molecule has 3 aromatic rings. The van der Waals surface area contributed by atoms with Crippen molar-refractivity contribution in [2.45, 2.75) is 6.92 Å². The van der Waals surface area contributed by atoms with E-state index in [2.05, 4.69) is 20.8 Å². The third-order valence-corrected chi connectivity index (χ3v) is 4.21. The van der Waals surface area contributed by atoms with Crippen LogP contribution in [0.1, 0.15) is 11.1 Å². The third kappa shape index (κ3) is 6.15. The van der Waals surface area contributed by atoms with Crippen molar-refractivity contribution in [2.24, 2.45) is 15.3 Å². The number of phenols is 1. The molecular weight excluding hydrogens is 404 g/mol. The number of benzene rings is 3. The van der Waals surface area contributed by atoms with Crippen LogP contribution in [0, 0.1) is 6.92 Å². The first-order valence-corrected chi connectivity index (χ1v) is 9.40. The molecule has 3 rings (SSSR count). The fourth-order valence-corrected chi connectivity index (χ4v) is 2.59. The maximum Gasteiger partial charge on any atom is 0.277 e. The number of nitrogens with one attached hydrogen (secondary N) is 1. The number of rotatable bonds is 7. The van der Waals surface area contributed by atoms with Crippen LogP contribution in [0.2, 0.25) is 5.02 Å². The Bertz CT molecular complexity index is 1100. The average Bonchev–Trinajstić information content (AvgIpc) is 2.73. The Morgan fingerprint density at radius 1 is 1.10 bits per heavy atom. The summed E-state index contributed by atoms with van der Waals surface area (Å²) in [5, 5.41) is 22.5. The van der Waals surface area contributed by atoms with Crippen LogP contribution < -0.4 is 10.2 Å². The first kappa shape index (κ1) is 21.0. The lowest BCUT2D eigenvalue weighted by molar-refractivity contribution is -0.123. The molecule has 0 aliphatic carbocycles. The molecule has 0 spiro atoms. The van der Waals surface area contributed by atoms with E-state index in [0.29, 0.717) is 27.7 Å². The Hall–Kier alpha value is -3.71. The molecule has 152 valence electrons. The van der Waals surface area contributed by atoms with Gasteiger partial charge in [-0.05, 0) is 55.0 Å². The minimum atomic E-state index is -0.429. The third-order valence-electron chi connectivity index (χ3n) is 3.89. The lowest BCUT2D eigenvalue weighted by atomic mass is 10.2. The monoisotopic (exact) mass is 422 g/mol. The van der Waals surface area contributed by atoms with Crippen LogP contribution in [0.25, 0.3) is 0 Å². The van der Waals surface area contributed by atoms with E-state index in [-0.39, 0.29) is 12.4 Å². The Balaban J connectivity index is 1.59. The van der Waals surface area contributed by atoms with Gasteiger partial charge in [-0.15, -0.1) is 5.11 Å². The molecule has 30 heavy (non-hydrogen) atoms. The number of aryl methyl sites for hydroxylation is 1. The Morgan fingerprint density at radius 2 is 1.93 bits per heavy atom. The molecule has 1 amide bonds. The Kier molecular flexibility index (Phi) is 7.13. The SMILES string of the molecule is Cc1cccc(OCC(=O)N/N=C\c2cc(N=Nc3ccccc3Cl)ccc2O)c1. The summed E-state index contributed by atoms with van der Waals surface area (Å²) in [7, 11) is 0. The second kappa shape index (κ2) is 10.2. The van der Waals surface area contributed by atoms with Crippen molar-refractivity contribution in [3.63, 3.8) is 0 Å². The van der Waals surface area contributed by atoms with E-state index in [9.17, 15) is 9.90 Å². The summed E-state index contributed by atoms with van der Waals surface area (Å²) in [6.45, 7) is 1.75. The van der Waals surface area contributed by atoms with Gasteiger partial charge in [-0.2, -0.15) is 10.2 Å². The number of hydrogen-bond donors (Lipinski definition) is 2. The van der Waals surface area contributed by atoms with Gasteiger partial charge in [0.25, 0.3) is 5.91 Å². The van der Waals surface area contributed by atoms with Crippen LogP contribution in [-0.4, -0.2) is 23.8 Å². The first-order chi connectivity index (χ1) is 14.5. The highest BCUT2D eigenvalue weighted by Gasteiger charge is 2.04. The number of hydrazone groups is 1. The van der Waals surface area contributed by atoms with Gasteiger partial charge in [0.2, 0.25) is 0 Å². The van der Waals surface area contributed by atoms with Gasteiger partial charge in [-0.3, -0.25) is 4.79 Å². The van der Waals surface area contributed by atoms with Crippen LogP contribution in [0.3, 0.4) is 0 Å². The molecule has 3 aromatic carbocycles. The molecule has 0 atom stereocenters. The fourth-order valence-electron chi connectivity index (χ4n) is 2.41. The van der Waals surface area contributed by atoms with Crippen LogP contribution in [0.4, 0.5) is 11.4 Å². The Morgan fingerprint density at radius 3 is 2.73 bits per heavy atom. The van der Waals surface area contributed by atoms with E-state index in [1.54, 1.807) is 42.5 Å². The molecule has 0 fully saturated rings. The number of carbonyl (C=O) groups excluding carboxylic acids is 1. The molecule has 0 saturated carbocycles. The van der Waals surface area contributed by atoms with Gasteiger partial charge in [0.1, 0.15) is 17.2 Å². The predicted molar refractivity (Wildman–Crippen MR) is 116 cm³/mol. The van der Waals surface area contributed by atoms with Gasteiger partial charge in [0.05, 0.1) is 16.9 Å². The highest BCUT2D eigenvalue weighted by Crippen LogP contribution is 2.27. The molecule has 0 heterocycles. The van der Waals surface area contributed by atoms with Crippen LogP contribution in [0.15, 0.2) is 82.1 Å². The van der Waals surface area contributed by atoms with Gasteiger partial charge in [-0.25, -0.2) is 5.43 Å². The van der Waals surface area contributed by atoms with Gasteiger partial charge in [0, 0.05) is 5.56 Å². The summed E-state index contributed by atoms with van der Waals surface area (Å²) in [5.74, 6) is 0.158. The quantitative estimate of drug-likeness (QED) is 0.307. The maximum atomic E-state index is 11.9. The van der Waals surface area contributed by atoms with Crippen molar-refractivity contribution in [3.8, 4) is 11.5 Å². The lowest BCUT2D eigenvalue weighted by Gasteiger charge is -2.05. The lowest BCUT2D eigenvalue weighted by Crippen LogP contribution is -2.24. The van der Waals surface area contributed by atoms with Crippen LogP contribution in [0.5, 0.6) is 11.5 Å². The zero-order valence-corrected chi connectivity index (χ0v) is 16.9. The van der Waals surface area contributed by atoms with Crippen LogP contribution >= 0.6 is 11.6 Å². The fraction of sp³-hybridized carbons (Fsp3) is 0.0909. The molecular formula is C22H19ClN4O3. The molecule has 8 heteroatoms. The van der Waals surface area contributed by atoms with Gasteiger partial charge in [-0.1, -0.05) is 35.9 Å². The summed E-state index contributed by atoms with van der Waals surface area (Å²) in [6.07, 6.45) is 1.31. The topological polar surface area (TPSA) is 95.6 Å². The van der Waals surface area contributed by atoms with E-state index in [0.717, 1.165) is 5.56 Å². The van der Waals surface area contributed by atoms with Crippen molar-refractivity contribution in [1.82, 2.24) is 5.43 Å². The molecule has 2 N–H and O–H groups in total. The Labute approximate surface area is 178 Å². The average molecular weight is 423 g/mol. The van der Waals surface area contributed by atoms with Crippen molar-refractivity contribution in [1.29, 1.82) is 0 Å². The number of amides is 1. The molecule has 0 unspecified atom stereocenters. The van der Waals surface area contributed by atoms with E-state index in [1.165, 1.54) is 12.3 Å². The molecule has 0 aliphatic heterocycles. The summed E-state index contributed by atoms with van der Waals surface area (Å²) in [6, 6.07) is 19.1. The normalized spacial score (nSPS) is 11.1. The highest BCUT2D eigenvalue weighted by atomic mass is 35.5. The maximum absolute atomic E-state index is 11.9. The van der Waals surface area contributed by atoms with E-state index < -0.39 is 5.91 Å². The number of phenolic OH excluding ortho intramolecular Hbond substituents is 1. The molecule has 0 bridgehead atoms. The molecule has 0 aliphatic rings. The summed E-state index contributed by atoms with van der Waals surface area (Å²) < 4.78 is 5.40. The van der Waals surface area contributed by atoms with Gasteiger partial charge in [0.15, 0.2) is 6.61 Å². The largest absolute Gasteiger partial charge is 0.507 e. The zero-order chi connectivity index (χ0) is 21.3. The highest BCUT2D eigenvalue weighted by molar-refractivity contribution is 6.32. The first-order valence-electron chi connectivity index (χ1n) is 9.02. The predicted octanol–water partition coefficient (Wildman–Crippen LogP) is 5.30. The number of halogens is 1. The number of aromatic hydroxyl groups is 1. The molecule has 7 nitrogen and oxygen atoms in total. The summed E-state index contributed by atoms with van der Waals surface area (Å²) in [4.78, 5) is 11.9. The molecule has 0 saturated heterocycles. The number of nitrogens with zero attached hydrogens (tertiary/aromatic N) is 3. The molecule has 0 aromatic heterocycles. The minimum absolute atomic E-state index is 0.0132. The smallest absolute Gasteiger partial charge is 0.277 e. The second-order valence-corrected chi connectivity index (χ2v) is 6.70. The number of carbonyl (C=O) groups is 1. The van der Waals surface area contributed by atoms with Crippen molar-refractivity contribution < 1.29 is 14.6 Å². The molecule has 0 radical (unpaired) electrons. The van der Waals surface area contributed by atoms with Crippen molar-refractivity contribution >= 4 is 35.1 Å². The van der Waals surface area contributed by atoms with E-state index in [1.807, 2.05) is 25.1 Å². The van der Waals surface area contributed by atoms with Crippen molar-refractivity contribution in [2.75, 3.05) is 6.61 Å². The van der Waals surface area contributed by atoms with Gasteiger partial charge < -0.3 is 9.84 Å². The second-order valence-electron chi connectivity index (χ2n) is 6.29. The van der Waals surface area contributed by atoms with E-state index >= 15 is 0 Å². The summed E-state index contributed by atoms with van der Waals surface area (Å²) in [5.41, 5.74) is 4.77. The van der Waals surface area contributed by atoms with Gasteiger partial charge >= 0.3 is 0 Å². The number of azo groups is 1. The van der Waals surface area contributed by atoms with Crippen molar-refractivity contribution in [3.05, 3.63) is 82.9 Å². The number of ether oxygens (including phenoxy) is 1. The zero-order valence-electron chi connectivity index (χ0n) is 16.1. The van der Waals surface area contributed by atoms with E-state index in [4.69, 9.17) is 16.3 Å². The van der Waals surface area contributed by atoms with Crippen LogP contribution in [-0.2, 0) is 4.79 Å². The standard InChI is InChI=1S/C22H19ClN4O3/c1-15-5-4-6-18(11-15)30-14-22(29)27-24-13-16-12-17(9-10-21(16)28)25-26-20-8-3-2-7-19(20)23/h2-13,28H,14H2,1H3,(H,27,29)/b24-13-,26-25?. The minimum Gasteiger partial charge on any atom is -0.507 e.